The van der Waals surface area contributed by atoms with Crippen molar-refractivity contribution in [3.63, 3.8) is 0 Å². The highest BCUT2D eigenvalue weighted by Gasteiger charge is 1.85. The summed E-state index contributed by atoms with van der Waals surface area (Å²) in [6.07, 6.45) is 2.36. The number of hydrogen-bond acceptors (Lipinski definition) is 3. The Morgan fingerprint density at radius 3 is 1.73 bits per heavy atom. The first-order chi connectivity index (χ1) is 4.77. The molecule has 0 bridgehead atoms. The maximum atomic E-state index is 8.74. The van der Waals surface area contributed by atoms with E-state index in [1.54, 1.807) is 0 Å². The lowest BCUT2D eigenvalue weighted by Gasteiger charge is -1.96. The van der Waals surface area contributed by atoms with Crippen LogP contribution < -0.4 is 5.73 Å². The molecule has 0 saturated carbocycles. The van der Waals surface area contributed by atoms with E-state index in [4.69, 9.17) is 23.3 Å². The van der Waals surface area contributed by atoms with E-state index in [1.807, 2.05) is 6.92 Å². The van der Waals surface area contributed by atoms with Gasteiger partial charge in [0.25, 0.3) is 0 Å². The molecule has 6 heteroatoms. The largest absolute Gasteiger partial charge is 0.394 e. The van der Waals surface area contributed by atoms with Crippen LogP contribution in [0.2, 0.25) is 0 Å². The summed E-state index contributed by atoms with van der Waals surface area (Å²) in [4.78, 5) is 0. The lowest BCUT2D eigenvalue weighted by molar-refractivity contribution is 0.381. The van der Waals surface area contributed by atoms with Crippen molar-refractivity contribution in [2.45, 2.75) is 32.7 Å². The monoisotopic (exact) mass is 185 g/mol. The van der Waals surface area contributed by atoms with Gasteiger partial charge in [0.1, 0.15) is 0 Å². The van der Waals surface area contributed by atoms with Crippen LogP contribution in [-0.4, -0.2) is 23.6 Å². The molecule has 0 aromatic rings. The van der Waals surface area contributed by atoms with Crippen molar-refractivity contribution in [1.29, 1.82) is 0 Å². The predicted octanol–water partition coefficient (Wildman–Crippen LogP) is 0.481. The van der Waals surface area contributed by atoms with Gasteiger partial charge >= 0.3 is 10.4 Å². The summed E-state index contributed by atoms with van der Waals surface area (Å²) < 4.78 is 31.6. The Balaban J connectivity index is 0. The molecule has 0 aliphatic carbocycles. The molecule has 4 N–H and O–H groups in total. The topological polar surface area (TPSA) is 101 Å². The summed E-state index contributed by atoms with van der Waals surface area (Å²) in [5, 5.41) is 0. The van der Waals surface area contributed by atoms with Crippen LogP contribution in [-0.2, 0) is 10.4 Å². The van der Waals surface area contributed by atoms with E-state index in [-0.39, 0.29) is 0 Å². The molecule has 70 valence electrons. The minimum absolute atomic E-state index is 0.398. The predicted molar refractivity (Wildman–Crippen MR) is 42.7 cm³/mol. The molecule has 5 nitrogen and oxygen atoms in total. The zero-order valence-corrected chi connectivity index (χ0v) is 7.50. The maximum Gasteiger partial charge on any atom is 0.394 e. The summed E-state index contributed by atoms with van der Waals surface area (Å²) in [5.74, 6) is 0. The van der Waals surface area contributed by atoms with Crippen LogP contribution in [0.4, 0.5) is 0 Å². The molecule has 1 unspecified atom stereocenters. The Kier molecular flexibility index (Phi) is 7.97. The zero-order valence-electron chi connectivity index (χ0n) is 6.69. The van der Waals surface area contributed by atoms with E-state index < -0.39 is 10.4 Å². The molecule has 0 saturated heterocycles. The molecule has 0 aliphatic heterocycles. The first kappa shape index (κ1) is 13.4. The van der Waals surface area contributed by atoms with Crippen molar-refractivity contribution in [2.24, 2.45) is 5.73 Å². The van der Waals surface area contributed by atoms with Crippen LogP contribution in [0.1, 0.15) is 26.7 Å². The van der Waals surface area contributed by atoms with E-state index in [0.717, 1.165) is 6.42 Å². The Labute approximate surface area is 67.2 Å². The molecule has 0 spiro atoms. The summed E-state index contributed by atoms with van der Waals surface area (Å²) >= 11 is 0. The molecule has 0 heterocycles. The van der Waals surface area contributed by atoms with Crippen molar-refractivity contribution in [3.05, 3.63) is 0 Å². The van der Waals surface area contributed by atoms with E-state index in [2.05, 4.69) is 6.92 Å². The maximum absolute atomic E-state index is 8.74. The third-order valence-electron chi connectivity index (χ3n) is 0.744. The first-order valence-electron chi connectivity index (χ1n) is 3.22. The first-order valence-corrected chi connectivity index (χ1v) is 4.62. The van der Waals surface area contributed by atoms with E-state index in [9.17, 15) is 0 Å². The number of rotatable bonds is 2. The van der Waals surface area contributed by atoms with Crippen molar-refractivity contribution >= 4 is 10.4 Å². The fourth-order valence-electron chi connectivity index (χ4n) is 0.455. The van der Waals surface area contributed by atoms with Crippen LogP contribution in [0, 0.1) is 0 Å². The Bertz CT molecular complexity index is 155. The molecule has 0 aliphatic rings. The molecule has 11 heavy (non-hydrogen) atoms. The standard InChI is InChI=1S/C5H13N.H2O4S/c1-3-4-5(2)6;1-5(2,3)4/h5H,3-4,6H2,1-2H3;(H2,1,2,3,4). The fourth-order valence-corrected chi connectivity index (χ4v) is 0.455. The summed E-state index contributed by atoms with van der Waals surface area (Å²) in [6.45, 7) is 4.17. The normalized spacial score (nSPS) is 13.2. The van der Waals surface area contributed by atoms with Crippen molar-refractivity contribution in [1.82, 2.24) is 0 Å². The smallest absolute Gasteiger partial charge is 0.328 e. The van der Waals surface area contributed by atoms with E-state index in [0.29, 0.717) is 6.04 Å². The van der Waals surface area contributed by atoms with Gasteiger partial charge in [-0.2, -0.15) is 8.42 Å². The molecular formula is C5H15NO4S. The molecule has 0 rings (SSSR count). The molecule has 0 aromatic heterocycles. The van der Waals surface area contributed by atoms with E-state index >= 15 is 0 Å². The van der Waals surface area contributed by atoms with Gasteiger partial charge in [0.2, 0.25) is 0 Å². The summed E-state index contributed by atoms with van der Waals surface area (Å²) in [5.41, 5.74) is 5.40. The van der Waals surface area contributed by atoms with E-state index in [1.165, 1.54) is 6.42 Å². The van der Waals surface area contributed by atoms with Crippen molar-refractivity contribution in [3.8, 4) is 0 Å². The Hall–Kier alpha value is -0.170. The second kappa shape index (κ2) is 6.53. The van der Waals surface area contributed by atoms with Gasteiger partial charge in [-0.1, -0.05) is 13.3 Å². The average Bonchev–Trinajstić information content (AvgIpc) is 1.58. The highest BCUT2D eigenvalue weighted by molar-refractivity contribution is 7.79. The van der Waals surface area contributed by atoms with Gasteiger partial charge in [-0.15, -0.1) is 0 Å². The van der Waals surface area contributed by atoms with Gasteiger partial charge < -0.3 is 5.73 Å². The SMILES string of the molecule is CCCC(C)N.O=S(=O)(O)O. The molecule has 1 atom stereocenters. The third kappa shape index (κ3) is 75.2. The Morgan fingerprint density at radius 2 is 1.73 bits per heavy atom. The van der Waals surface area contributed by atoms with Gasteiger partial charge in [0.05, 0.1) is 0 Å². The van der Waals surface area contributed by atoms with Crippen LogP contribution in [0.5, 0.6) is 0 Å². The molecule has 0 fully saturated rings. The molecule has 0 radical (unpaired) electrons. The molecule has 0 amide bonds. The fraction of sp³-hybridized carbons (Fsp3) is 1.00. The lowest BCUT2D eigenvalue weighted by atomic mass is 10.2. The highest BCUT2D eigenvalue weighted by Crippen LogP contribution is 1.88. The van der Waals surface area contributed by atoms with Crippen LogP contribution >= 0.6 is 0 Å². The van der Waals surface area contributed by atoms with Crippen molar-refractivity contribution < 1.29 is 17.5 Å². The molecule has 0 aromatic carbocycles. The van der Waals surface area contributed by atoms with Gasteiger partial charge in [0, 0.05) is 6.04 Å². The quantitative estimate of drug-likeness (QED) is 0.543. The second-order valence-corrected chi connectivity index (χ2v) is 3.11. The number of hydrogen-bond donors (Lipinski definition) is 3. The summed E-state index contributed by atoms with van der Waals surface area (Å²) in [7, 11) is -4.67. The highest BCUT2D eigenvalue weighted by atomic mass is 32.3. The van der Waals surface area contributed by atoms with Crippen LogP contribution in [0.25, 0.3) is 0 Å². The second-order valence-electron chi connectivity index (χ2n) is 2.21. The average molecular weight is 185 g/mol. The number of nitrogens with two attached hydrogens (primary N) is 1. The third-order valence-corrected chi connectivity index (χ3v) is 0.744. The van der Waals surface area contributed by atoms with Gasteiger partial charge in [-0.05, 0) is 13.3 Å². The van der Waals surface area contributed by atoms with Gasteiger partial charge in [-0.25, -0.2) is 0 Å². The van der Waals surface area contributed by atoms with Crippen LogP contribution in [0.15, 0.2) is 0 Å². The van der Waals surface area contributed by atoms with Crippen molar-refractivity contribution in [2.75, 3.05) is 0 Å². The summed E-state index contributed by atoms with van der Waals surface area (Å²) in [6, 6.07) is 0.398. The lowest BCUT2D eigenvalue weighted by Crippen LogP contribution is -2.13. The van der Waals surface area contributed by atoms with Gasteiger partial charge in [-0.3, -0.25) is 9.11 Å². The van der Waals surface area contributed by atoms with Crippen LogP contribution in [0.3, 0.4) is 0 Å². The Morgan fingerprint density at radius 1 is 1.45 bits per heavy atom. The zero-order chi connectivity index (χ0) is 9.49. The van der Waals surface area contributed by atoms with Gasteiger partial charge in [0.15, 0.2) is 0 Å². The minimum Gasteiger partial charge on any atom is -0.328 e. The molecular weight excluding hydrogens is 170 g/mol. The minimum atomic E-state index is -4.67.